The van der Waals surface area contributed by atoms with Crippen molar-refractivity contribution in [2.75, 3.05) is 27.2 Å². The fraction of sp³-hybridized carbons (Fsp3) is 0.636. The van der Waals surface area contributed by atoms with Gasteiger partial charge in [-0.2, -0.15) is 0 Å². The van der Waals surface area contributed by atoms with Gasteiger partial charge in [-0.3, -0.25) is 4.79 Å². The number of hydrogen-bond acceptors (Lipinski definition) is 2. The minimum atomic E-state index is 0. The molecule has 0 bridgehead atoms. The van der Waals surface area contributed by atoms with Crippen molar-refractivity contribution in [2.24, 2.45) is 10.9 Å². The molecule has 2 N–H and O–H groups in total. The van der Waals surface area contributed by atoms with Crippen LogP contribution in [0.5, 0.6) is 0 Å². The quantitative estimate of drug-likeness (QED) is 0.241. The monoisotopic (exact) mass is 500 g/mol. The first-order chi connectivity index (χ1) is 13.1. The van der Waals surface area contributed by atoms with E-state index in [-0.39, 0.29) is 29.9 Å². The van der Waals surface area contributed by atoms with E-state index in [1.807, 2.05) is 24.3 Å². The summed E-state index contributed by atoms with van der Waals surface area (Å²) < 4.78 is 0. The Hall–Kier alpha value is -1.31. The van der Waals surface area contributed by atoms with E-state index in [2.05, 4.69) is 22.5 Å². The lowest BCUT2D eigenvalue weighted by Gasteiger charge is -2.21. The largest absolute Gasteiger partial charge is 0.357 e. The van der Waals surface area contributed by atoms with E-state index in [9.17, 15) is 4.79 Å². The number of amides is 1. The molecule has 1 fully saturated rings. The molecule has 0 saturated heterocycles. The number of aliphatic imine (C=N–C) groups is 1. The fourth-order valence-corrected chi connectivity index (χ4v) is 3.60. The molecule has 0 radical (unpaired) electrons. The predicted octanol–water partition coefficient (Wildman–Crippen LogP) is 4.42. The Bertz CT molecular complexity index is 595. The molecule has 28 heavy (non-hydrogen) atoms. The average molecular weight is 500 g/mol. The van der Waals surface area contributed by atoms with E-state index in [0.717, 1.165) is 30.5 Å². The molecule has 5 nitrogen and oxygen atoms in total. The van der Waals surface area contributed by atoms with Crippen molar-refractivity contribution in [1.82, 2.24) is 15.5 Å². The standard InChI is InChI=1S/C22H36N4O.HI/c1-4-23-22(24-16-8-11-18-9-6-5-7-10-18)25-17-19-12-14-20(15-13-19)21(27)26(2)3;/h12-15,18H,4-11,16-17H2,1-3H3,(H2,23,24,25);1H. The first-order valence-corrected chi connectivity index (χ1v) is 10.4. The van der Waals surface area contributed by atoms with Crippen molar-refractivity contribution in [1.29, 1.82) is 0 Å². The van der Waals surface area contributed by atoms with Gasteiger partial charge in [0.1, 0.15) is 0 Å². The van der Waals surface area contributed by atoms with E-state index in [4.69, 9.17) is 0 Å². The summed E-state index contributed by atoms with van der Waals surface area (Å²) >= 11 is 0. The van der Waals surface area contributed by atoms with Gasteiger partial charge in [0.15, 0.2) is 5.96 Å². The summed E-state index contributed by atoms with van der Waals surface area (Å²) in [7, 11) is 3.53. The number of carbonyl (C=O) groups excluding carboxylic acids is 1. The molecule has 1 amide bonds. The molecule has 1 saturated carbocycles. The highest BCUT2D eigenvalue weighted by Crippen LogP contribution is 2.26. The van der Waals surface area contributed by atoms with Gasteiger partial charge in [-0.1, -0.05) is 44.2 Å². The van der Waals surface area contributed by atoms with E-state index in [0.29, 0.717) is 12.1 Å². The summed E-state index contributed by atoms with van der Waals surface area (Å²) in [6.45, 7) is 4.51. The van der Waals surface area contributed by atoms with Gasteiger partial charge in [0, 0.05) is 32.7 Å². The Kier molecular flexibility index (Phi) is 12.2. The van der Waals surface area contributed by atoms with Gasteiger partial charge in [0.25, 0.3) is 5.91 Å². The molecule has 6 heteroatoms. The van der Waals surface area contributed by atoms with Gasteiger partial charge >= 0.3 is 0 Å². The molecule has 0 unspecified atom stereocenters. The summed E-state index contributed by atoms with van der Waals surface area (Å²) in [6.07, 6.45) is 9.63. The highest BCUT2D eigenvalue weighted by molar-refractivity contribution is 14.0. The molecule has 0 atom stereocenters. The second-order valence-corrected chi connectivity index (χ2v) is 7.66. The summed E-state index contributed by atoms with van der Waals surface area (Å²) in [5.41, 5.74) is 1.81. The van der Waals surface area contributed by atoms with Crippen LogP contribution >= 0.6 is 24.0 Å². The first kappa shape index (κ1) is 24.7. The number of guanidine groups is 1. The number of rotatable bonds is 8. The second kappa shape index (κ2) is 13.8. The van der Waals surface area contributed by atoms with E-state index < -0.39 is 0 Å². The fourth-order valence-electron chi connectivity index (χ4n) is 3.60. The van der Waals surface area contributed by atoms with E-state index in [1.54, 1.807) is 19.0 Å². The van der Waals surface area contributed by atoms with Gasteiger partial charge in [-0.25, -0.2) is 4.99 Å². The summed E-state index contributed by atoms with van der Waals surface area (Å²) in [5.74, 6) is 1.83. The molecule has 158 valence electrons. The summed E-state index contributed by atoms with van der Waals surface area (Å²) in [4.78, 5) is 18.2. The maximum atomic E-state index is 11.9. The average Bonchev–Trinajstić information content (AvgIpc) is 2.69. The van der Waals surface area contributed by atoms with Gasteiger partial charge in [0.2, 0.25) is 0 Å². The van der Waals surface area contributed by atoms with Crippen molar-refractivity contribution < 1.29 is 4.79 Å². The molecule has 1 aliphatic rings. The normalized spacial score (nSPS) is 14.9. The van der Waals surface area contributed by atoms with Crippen LogP contribution in [-0.2, 0) is 6.54 Å². The van der Waals surface area contributed by atoms with Crippen LogP contribution in [0.3, 0.4) is 0 Å². The third-order valence-corrected chi connectivity index (χ3v) is 5.18. The molecule has 0 aromatic heterocycles. The number of halogens is 1. The van der Waals surface area contributed by atoms with Crippen molar-refractivity contribution in [3.63, 3.8) is 0 Å². The predicted molar refractivity (Wildman–Crippen MR) is 129 cm³/mol. The Morgan fingerprint density at radius 1 is 1.11 bits per heavy atom. The Labute approximate surface area is 187 Å². The van der Waals surface area contributed by atoms with Crippen LogP contribution in [0.4, 0.5) is 0 Å². The number of hydrogen-bond donors (Lipinski definition) is 2. The molecule has 1 aromatic carbocycles. The van der Waals surface area contributed by atoms with Crippen LogP contribution in [0, 0.1) is 5.92 Å². The van der Waals surface area contributed by atoms with E-state index >= 15 is 0 Å². The van der Waals surface area contributed by atoms with Crippen LogP contribution < -0.4 is 10.6 Å². The molecular formula is C22H37IN4O. The van der Waals surface area contributed by atoms with Crippen molar-refractivity contribution in [3.05, 3.63) is 35.4 Å². The maximum Gasteiger partial charge on any atom is 0.253 e. The molecule has 0 aliphatic heterocycles. The number of nitrogens with zero attached hydrogens (tertiary/aromatic N) is 2. The van der Waals surface area contributed by atoms with Crippen molar-refractivity contribution >= 4 is 35.8 Å². The molecule has 2 rings (SSSR count). The van der Waals surface area contributed by atoms with Crippen LogP contribution in [0.15, 0.2) is 29.3 Å². The Morgan fingerprint density at radius 3 is 2.39 bits per heavy atom. The van der Waals surface area contributed by atoms with E-state index in [1.165, 1.54) is 44.9 Å². The smallest absolute Gasteiger partial charge is 0.253 e. The Morgan fingerprint density at radius 2 is 1.79 bits per heavy atom. The topological polar surface area (TPSA) is 56.7 Å². The van der Waals surface area contributed by atoms with Gasteiger partial charge in [-0.05, 0) is 43.4 Å². The number of nitrogens with one attached hydrogen (secondary N) is 2. The van der Waals surface area contributed by atoms with Gasteiger partial charge < -0.3 is 15.5 Å². The zero-order valence-corrected chi connectivity index (χ0v) is 20.0. The highest BCUT2D eigenvalue weighted by atomic mass is 127. The third-order valence-electron chi connectivity index (χ3n) is 5.18. The number of benzene rings is 1. The highest BCUT2D eigenvalue weighted by Gasteiger charge is 2.12. The molecule has 0 spiro atoms. The lowest BCUT2D eigenvalue weighted by atomic mass is 9.86. The second-order valence-electron chi connectivity index (χ2n) is 7.66. The SMILES string of the molecule is CCNC(=NCc1ccc(C(=O)N(C)C)cc1)NCCCC1CCCCC1.I. The van der Waals surface area contributed by atoms with Crippen LogP contribution in [0.2, 0.25) is 0 Å². The van der Waals surface area contributed by atoms with Crippen LogP contribution in [-0.4, -0.2) is 44.0 Å². The zero-order chi connectivity index (χ0) is 19.5. The maximum absolute atomic E-state index is 11.9. The minimum Gasteiger partial charge on any atom is -0.357 e. The molecular weight excluding hydrogens is 463 g/mol. The number of carbonyl (C=O) groups is 1. The summed E-state index contributed by atoms with van der Waals surface area (Å²) in [6, 6.07) is 7.70. The van der Waals surface area contributed by atoms with Crippen LogP contribution in [0.1, 0.15) is 67.8 Å². The molecule has 1 aromatic rings. The lowest BCUT2D eigenvalue weighted by Crippen LogP contribution is -2.37. The summed E-state index contributed by atoms with van der Waals surface area (Å²) in [5, 5.41) is 6.77. The minimum absolute atomic E-state index is 0. The van der Waals surface area contributed by atoms with Crippen molar-refractivity contribution in [3.8, 4) is 0 Å². The lowest BCUT2D eigenvalue weighted by molar-refractivity contribution is 0.0827. The van der Waals surface area contributed by atoms with Crippen molar-refractivity contribution in [2.45, 2.75) is 58.4 Å². The van der Waals surface area contributed by atoms with Crippen LogP contribution in [0.25, 0.3) is 0 Å². The molecule has 1 aliphatic carbocycles. The Balaban J connectivity index is 0.00000392. The van der Waals surface area contributed by atoms with Gasteiger partial charge in [-0.15, -0.1) is 24.0 Å². The first-order valence-electron chi connectivity index (χ1n) is 10.4. The molecule has 0 heterocycles. The zero-order valence-electron chi connectivity index (χ0n) is 17.7. The van der Waals surface area contributed by atoms with Gasteiger partial charge in [0.05, 0.1) is 6.54 Å². The third kappa shape index (κ3) is 8.80.